The van der Waals surface area contributed by atoms with E-state index in [9.17, 15) is 19.5 Å². The summed E-state index contributed by atoms with van der Waals surface area (Å²) in [6.45, 7) is 4.40. The number of rotatable bonds is 34. The molecule has 0 N–H and O–H groups in total. The van der Waals surface area contributed by atoms with Crippen LogP contribution in [-0.4, -0.2) is 75.5 Å². The minimum Gasteiger partial charge on any atom is -0.544 e. The first-order valence-electron chi connectivity index (χ1n) is 20.2. The normalized spacial score (nSPS) is 13.9. The zero-order chi connectivity index (χ0) is 39.3. The van der Waals surface area contributed by atoms with Gasteiger partial charge in [-0.1, -0.05) is 137 Å². The number of carboxylic acids is 1. The molecule has 300 valence electrons. The summed E-state index contributed by atoms with van der Waals surface area (Å²) in [5.74, 6) is -1.82. The summed E-state index contributed by atoms with van der Waals surface area (Å²) in [5.41, 5.74) is 0. The summed E-state index contributed by atoms with van der Waals surface area (Å²) in [7, 11) is 5.37. The smallest absolute Gasteiger partial charge is 0.306 e. The monoisotopic (exact) mass is 740 g/mol. The first kappa shape index (κ1) is 49.5. The van der Waals surface area contributed by atoms with Crippen LogP contribution in [-0.2, 0) is 28.6 Å². The second-order valence-electron chi connectivity index (χ2n) is 14.3. The SMILES string of the molecule is CC/C=C/C=C/C=C/C=C/C=C/C=C/CCCCCC(=O)OC(COCCC(C(=O)[O-])[N+](C)(C)C)COC(=O)CCCCCCC/C=C/CCCCC. The predicted molar refractivity (Wildman–Crippen MR) is 217 cm³/mol. The molecule has 0 radical (unpaired) electrons. The number of esters is 2. The molecular weight excluding hydrogens is 666 g/mol. The maximum atomic E-state index is 12.7. The van der Waals surface area contributed by atoms with Gasteiger partial charge in [0.1, 0.15) is 12.6 Å². The Kier molecular flexibility index (Phi) is 33.2. The molecule has 0 aliphatic rings. The van der Waals surface area contributed by atoms with Crippen LogP contribution in [0.4, 0.5) is 0 Å². The third-order valence-electron chi connectivity index (χ3n) is 8.43. The van der Waals surface area contributed by atoms with E-state index in [-0.39, 0.29) is 49.1 Å². The second kappa shape index (κ2) is 35.5. The van der Waals surface area contributed by atoms with Crippen molar-refractivity contribution in [1.29, 1.82) is 0 Å². The van der Waals surface area contributed by atoms with E-state index in [2.05, 4.69) is 38.2 Å². The molecule has 0 aromatic carbocycles. The quantitative estimate of drug-likeness (QED) is 0.0213. The molecule has 2 atom stereocenters. The number of carbonyl (C=O) groups excluding carboxylic acids is 3. The number of ether oxygens (including phenoxy) is 3. The van der Waals surface area contributed by atoms with Crippen molar-refractivity contribution < 1.29 is 38.2 Å². The van der Waals surface area contributed by atoms with Crippen molar-refractivity contribution in [3.8, 4) is 0 Å². The topological polar surface area (TPSA) is 102 Å². The Hall–Kier alpha value is -3.49. The first-order chi connectivity index (χ1) is 25.6. The van der Waals surface area contributed by atoms with E-state index in [0.717, 1.165) is 57.8 Å². The third-order valence-corrected chi connectivity index (χ3v) is 8.43. The van der Waals surface area contributed by atoms with Gasteiger partial charge in [-0.25, -0.2) is 0 Å². The van der Waals surface area contributed by atoms with Crippen LogP contribution in [0.15, 0.2) is 85.1 Å². The largest absolute Gasteiger partial charge is 0.544 e. The molecule has 8 nitrogen and oxygen atoms in total. The Morgan fingerprint density at radius 2 is 1.08 bits per heavy atom. The van der Waals surface area contributed by atoms with E-state index in [1.807, 2.05) is 60.8 Å². The van der Waals surface area contributed by atoms with Gasteiger partial charge in [-0.2, -0.15) is 0 Å². The van der Waals surface area contributed by atoms with Crippen LogP contribution in [0.5, 0.6) is 0 Å². The number of likely N-dealkylation sites (N-methyl/N-ethyl adjacent to an activating group) is 1. The highest BCUT2D eigenvalue weighted by molar-refractivity contribution is 5.70. The van der Waals surface area contributed by atoms with Crippen LogP contribution in [0.2, 0.25) is 0 Å². The highest BCUT2D eigenvalue weighted by atomic mass is 16.6. The Bertz CT molecular complexity index is 1140. The molecule has 2 unspecified atom stereocenters. The summed E-state index contributed by atoms with van der Waals surface area (Å²) < 4.78 is 17.0. The number of unbranched alkanes of at least 4 members (excludes halogenated alkanes) is 11. The minimum absolute atomic E-state index is 0.0143. The van der Waals surface area contributed by atoms with E-state index in [4.69, 9.17) is 14.2 Å². The second-order valence-corrected chi connectivity index (χ2v) is 14.3. The lowest BCUT2D eigenvalue weighted by atomic mass is 10.1. The maximum Gasteiger partial charge on any atom is 0.306 e. The molecule has 0 bridgehead atoms. The minimum atomic E-state index is -1.14. The molecule has 0 aliphatic carbocycles. The Balaban J connectivity index is 4.54. The van der Waals surface area contributed by atoms with Crippen molar-refractivity contribution in [2.75, 3.05) is 41.0 Å². The van der Waals surface area contributed by atoms with Gasteiger partial charge in [0.05, 0.1) is 40.3 Å². The van der Waals surface area contributed by atoms with E-state index >= 15 is 0 Å². The Morgan fingerprint density at radius 3 is 1.64 bits per heavy atom. The molecule has 0 rings (SSSR count). The van der Waals surface area contributed by atoms with Gasteiger partial charge in [0.15, 0.2) is 6.10 Å². The van der Waals surface area contributed by atoms with E-state index in [1.165, 1.54) is 32.1 Å². The number of nitrogens with zero attached hydrogens (tertiary/aromatic N) is 1. The number of hydrogen-bond donors (Lipinski definition) is 0. The summed E-state index contributed by atoms with van der Waals surface area (Å²) in [5, 5.41) is 11.6. The van der Waals surface area contributed by atoms with Gasteiger partial charge in [-0.15, -0.1) is 0 Å². The van der Waals surface area contributed by atoms with E-state index < -0.39 is 18.1 Å². The molecule has 53 heavy (non-hydrogen) atoms. The molecule has 0 amide bonds. The van der Waals surface area contributed by atoms with Gasteiger partial charge in [0, 0.05) is 19.3 Å². The van der Waals surface area contributed by atoms with Crippen LogP contribution in [0.1, 0.15) is 129 Å². The Morgan fingerprint density at radius 1 is 0.585 bits per heavy atom. The lowest BCUT2D eigenvalue weighted by Crippen LogP contribution is -2.55. The molecule has 0 spiro atoms. The van der Waals surface area contributed by atoms with Crippen LogP contribution in [0, 0.1) is 0 Å². The van der Waals surface area contributed by atoms with E-state index in [0.29, 0.717) is 12.8 Å². The number of hydrogen-bond acceptors (Lipinski definition) is 7. The predicted octanol–water partition coefficient (Wildman–Crippen LogP) is 9.24. The van der Waals surface area contributed by atoms with Crippen molar-refractivity contribution in [3.05, 3.63) is 85.1 Å². The van der Waals surface area contributed by atoms with Crippen LogP contribution in [0.25, 0.3) is 0 Å². The van der Waals surface area contributed by atoms with Crippen LogP contribution in [0.3, 0.4) is 0 Å². The average molecular weight is 740 g/mol. The Labute approximate surface area is 323 Å². The van der Waals surface area contributed by atoms with E-state index in [1.54, 1.807) is 21.1 Å². The van der Waals surface area contributed by atoms with Crippen molar-refractivity contribution in [2.24, 2.45) is 0 Å². The molecule has 0 heterocycles. The van der Waals surface area contributed by atoms with Gasteiger partial charge in [-0.05, 0) is 57.8 Å². The van der Waals surface area contributed by atoms with Gasteiger partial charge in [0.2, 0.25) is 0 Å². The van der Waals surface area contributed by atoms with Crippen molar-refractivity contribution in [1.82, 2.24) is 0 Å². The molecule has 0 fully saturated rings. The van der Waals surface area contributed by atoms with Crippen molar-refractivity contribution in [2.45, 2.75) is 142 Å². The highest BCUT2D eigenvalue weighted by Crippen LogP contribution is 2.12. The molecule has 0 aromatic heterocycles. The lowest BCUT2D eigenvalue weighted by Gasteiger charge is -2.34. The number of carbonyl (C=O) groups is 3. The number of quaternary nitrogens is 1. The van der Waals surface area contributed by atoms with Gasteiger partial charge < -0.3 is 28.6 Å². The summed E-state index contributed by atoms with van der Waals surface area (Å²) in [6, 6.07) is -0.739. The summed E-state index contributed by atoms with van der Waals surface area (Å²) in [6.07, 6.45) is 44.6. The highest BCUT2D eigenvalue weighted by Gasteiger charge is 2.25. The number of allylic oxidation sites excluding steroid dienone is 14. The standard InChI is InChI=1S/C45H73NO7/c1-6-8-10-12-14-16-18-20-21-22-23-24-26-28-30-32-34-36-44(48)53-41(39-51-38-37-42(45(49)50)46(3,4)5)40-52-43(47)35-33-31-29-27-25-19-17-15-13-11-9-7-2/h8,10,12,14-18,20-24,26,41-42H,6-7,9,11,13,19,25,27-40H2,1-5H3/b10-8+,14-12+,17-15+,18-16+,21-20+,23-22+,26-24+. The third kappa shape index (κ3) is 34.1. The first-order valence-corrected chi connectivity index (χ1v) is 20.2. The molecule has 8 heteroatoms. The zero-order valence-electron chi connectivity index (χ0n) is 33.9. The van der Waals surface area contributed by atoms with Crippen molar-refractivity contribution in [3.63, 3.8) is 0 Å². The molecule has 0 aromatic rings. The number of aliphatic carboxylic acids is 1. The van der Waals surface area contributed by atoms with Crippen LogP contribution < -0.4 is 5.11 Å². The summed E-state index contributed by atoms with van der Waals surface area (Å²) >= 11 is 0. The van der Waals surface area contributed by atoms with Gasteiger partial charge in [-0.3, -0.25) is 9.59 Å². The van der Waals surface area contributed by atoms with Crippen molar-refractivity contribution >= 4 is 17.9 Å². The fraction of sp³-hybridized carbons (Fsp3) is 0.622. The molecular formula is C45H73NO7. The zero-order valence-corrected chi connectivity index (χ0v) is 33.9. The summed E-state index contributed by atoms with van der Waals surface area (Å²) in [4.78, 5) is 36.7. The fourth-order valence-corrected chi connectivity index (χ4v) is 5.27. The maximum absolute atomic E-state index is 12.7. The number of carboxylic acid groups (broad SMARTS) is 1. The average Bonchev–Trinajstić information content (AvgIpc) is 3.11. The molecule has 0 aliphatic heterocycles. The molecule has 0 saturated heterocycles. The van der Waals surface area contributed by atoms with Gasteiger partial charge >= 0.3 is 11.9 Å². The fourth-order valence-electron chi connectivity index (χ4n) is 5.27. The van der Waals surface area contributed by atoms with Crippen LogP contribution >= 0.6 is 0 Å². The van der Waals surface area contributed by atoms with Gasteiger partial charge in [0.25, 0.3) is 0 Å². The molecule has 0 saturated carbocycles. The lowest BCUT2D eigenvalue weighted by molar-refractivity contribution is -0.889.